The summed E-state index contributed by atoms with van der Waals surface area (Å²) in [5.74, 6) is 5.74. The standard InChI is InChI=1S/C14H21ClN2O/c1-18-14(8-2-3-9-14)13(17-16)10-11-4-6-12(15)7-5-11/h4-7,13,17H,2-3,8-10,16H2,1H3. The summed E-state index contributed by atoms with van der Waals surface area (Å²) in [6.45, 7) is 0. The fourth-order valence-electron chi connectivity index (χ4n) is 2.92. The first kappa shape index (κ1) is 13.8. The van der Waals surface area contributed by atoms with Gasteiger partial charge in [0.15, 0.2) is 0 Å². The largest absolute Gasteiger partial charge is 0.377 e. The predicted molar refractivity (Wildman–Crippen MR) is 74.5 cm³/mol. The lowest BCUT2D eigenvalue weighted by Gasteiger charge is -2.36. The topological polar surface area (TPSA) is 47.3 Å². The van der Waals surface area contributed by atoms with Crippen molar-refractivity contribution in [1.82, 2.24) is 5.43 Å². The zero-order valence-electron chi connectivity index (χ0n) is 10.8. The number of halogens is 1. The molecule has 0 spiro atoms. The molecule has 0 radical (unpaired) electrons. The highest BCUT2D eigenvalue weighted by Gasteiger charge is 2.41. The van der Waals surface area contributed by atoms with Crippen LogP contribution in [0.25, 0.3) is 0 Å². The average molecular weight is 269 g/mol. The SMILES string of the molecule is COC1(C(Cc2ccc(Cl)cc2)NN)CCCC1. The van der Waals surface area contributed by atoms with E-state index in [1.54, 1.807) is 7.11 Å². The normalized spacial score (nSPS) is 19.9. The van der Waals surface area contributed by atoms with Gasteiger partial charge < -0.3 is 4.74 Å². The summed E-state index contributed by atoms with van der Waals surface area (Å²) in [5, 5.41) is 0.762. The molecule has 18 heavy (non-hydrogen) atoms. The third-order valence-corrected chi connectivity index (χ3v) is 4.30. The van der Waals surface area contributed by atoms with Crippen LogP contribution in [-0.4, -0.2) is 18.8 Å². The van der Waals surface area contributed by atoms with Crippen molar-refractivity contribution in [3.63, 3.8) is 0 Å². The number of methoxy groups -OCH3 is 1. The molecule has 0 aromatic heterocycles. The van der Waals surface area contributed by atoms with Gasteiger partial charge in [0, 0.05) is 12.1 Å². The Hall–Kier alpha value is -0.610. The van der Waals surface area contributed by atoms with Crippen LogP contribution in [0, 0.1) is 0 Å². The third kappa shape index (κ3) is 2.86. The van der Waals surface area contributed by atoms with E-state index in [0.29, 0.717) is 0 Å². The van der Waals surface area contributed by atoms with Gasteiger partial charge in [0.2, 0.25) is 0 Å². The van der Waals surface area contributed by atoms with Crippen LogP contribution in [0.3, 0.4) is 0 Å². The van der Waals surface area contributed by atoms with Crippen LogP contribution in [0.1, 0.15) is 31.2 Å². The maximum atomic E-state index is 5.90. The van der Waals surface area contributed by atoms with E-state index < -0.39 is 0 Å². The highest BCUT2D eigenvalue weighted by molar-refractivity contribution is 6.30. The molecule has 1 fully saturated rings. The summed E-state index contributed by atoms with van der Waals surface area (Å²) in [5.41, 5.74) is 4.05. The zero-order chi connectivity index (χ0) is 13.0. The van der Waals surface area contributed by atoms with Gasteiger partial charge in [-0.2, -0.15) is 0 Å². The van der Waals surface area contributed by atoms with Crippen LogP contribution in [-0.2, 0) is 11.2 Å². The first-order valence-electron chi connectivity index (χ1n) is 6.46. The number of benzene rings is 1. The smallest absolute Gasteiger partial charge is 0.0847 e. The summed E-state index contributed by atoms with van der Waals surface area (Å²) < 4.78 is 5.78. The summed E-state index contributed by atoms with van der Waals surface area (Å²) in [6, 6.07) is 8.07. The molecule has 0 bridgehead atoms. The summed E-state index contributed by atoms with van der Waals surface area (Å²) >= 11 is 5.90. The molecule has 2 rings (SSSR count). The van der Waals surface area contributed by atoms with Gasteiger partial charge in [-0.05, 0) is 37.0 Å². The number of nitrogens with two attached hydrogens (primary N) is 1. The molecule has 0 saturated heterocycles. The molecular weight excluding hydrogens is 248 g/mol. The highest BCUT2D eigenvalue weighted by atomic mass is 35.5. The molecule has 0 amide bonds. The van der Waals surface area contributed by atoms with Gasteiger partial charge in [0.05, 0.1) is 11.6 Å². The molecule has 100 valence electrons. The lowest BCUT2D eigenvalue weighted by Crippen LogP contribution is -2.54. The Morgan fingerprint density at radius 3 is 2.44 bits per heavy atom. The van der Waals surface area contributed by atoms with Crippen LogP contribution >= 0.6 is 11.6 Å². The molecule has 1 aromatic carbocycles. The molecule has 1 aliphatic rings. The molecule has 4 heteroatoms. The predicted octanol–water partition coefficient (Wildman–Crippen LogP) is 2.67. The van der Waals surface area contributed by atoms with Gasteiger partial charge in [-0.15, -0.1) is 0 Å². The maximum absolute atomic E-state index is 5.90. The minimum absolute atomic E-state index is 0.117. The second-order valence-corrected chi connectivity index (χ2v) is 5.46. The number of ether oxygens (including phenoxy) is 1. The minimum Gasteiger partial charge on any atom is -0.377 e. The quantitative estimate of drug-likeness (QED) is 0.638. The molecule has 1 aromatic rings. The van der Waals surface area contributed by atoms with Gasteiger partial charge >= 0.3 is 0 Å². The van der Waals surface area contributed by atoms with Crippen molar-refractivity contribution >= 4 is 11.6 Å². The highest BCUT2D eigenvalue weighted by Crippen LogP contribution is 2.36. The van der Waals surface area contributed by atoms with Crippen molar-refractivity contribution in [2.75, 3.05) is 7.11 Å². The van der Waals surface area contributed by atoms with E-state index in [-0.39, 0.29) is 11.6 Å². The van der Waals surface area contributed by atoms with E-state index in [1.807, 2.05) is 24.3 Å². The number of hydrazine groups is 1. The average Bonchev–Trinajstić information content (AvgIpc) is 2.88. The van der Waals surface area contributed by atoms with E-state index in [9.17, 15) is 0 Å². The number of hydrogen-bond donors (Lipinski definition) is 2. The van der Waals surface area contributed by atoms with Crippen LogP contribution < -0.4 is 11.3 Å². The molecule has 0 aliphatic heterocycles. The Morgan fingerprint density at radius 1 is 1.33 bits per heavy atom. The summed E-state index contributed by atoms with van der Waals surface area (Å²) in [4.78, 5) is 0. The second kappa shape index (κ2) is 6.02. The second-order valence-electron chi connectivity index (χ2n) is 5.03. The van der Waals surface area contributed by atoms with Gasteiger partial charge in [0.1, 0.15) is 0 Å². The molecular formula is C14H21ClN2O. The van der Waals surface area contributed by atoms with E-state index in [2.05, 4.69) is 5.43 Å². The zero-order valence-corrected chi connectivity index (χ0v) is 11.5. The third-order valence-electron chi connectivity index (χ3n) is 4.05. The van der Waals surface area contributed by atoms with Gasteiger partial charge in [-0.3, -0.25) is 11.3 Å². The summed E-state index contributed by atoms with van der Waals surface area (Å²) in [7, 11) is 1.79. The number of hydrogen-bond acceptors (Lipinski definition) is 3. The maximum Gasteiger partial charge on any atom is 0.0847 e. The lowest BCUT2D eigenvalue weighted by atomic mass is 9.88. The van der Waals surface area contributed by atoms with E-state index in [0.717, 1.165) is 24.3 Å². The van der Waals surface area contributed by atoms with Crippen molar-refractivity contribution < 1.29 is 4.74 Å². The summed E-state index contributed by atoms with van der Waals surface area (Å²) in [6.07, 6.45) is 5.44. The fraction of sp³-hybridized carbons (Fsp3) is 0.571. The molecule has 3 nitrogen and oxygen atoms in total. The first-order valence-corrected chi connectivity index (χ1v) is 6.84. The van der Waals surface area contributed by atoms with Gasteiger partial charge in [-0.25, -0.2) is 0 Å². The van der Waals surface area contributed by atoms with E-state index >= 15 is 0 Å². The van der Waals surface area contributed by atoms with Crippen LogP contribution in [0.2, 0.25) is 5.02 Å². The molecule has 1 saturated carbocycles. The Kier molecular flexibility index (Phi) is 4.62. The van der Waals surface area contributed by atoms with Crippen molar-refractivity contribution in [1.29, 1.82) is 0 Å². The molecule has 1 unspecified atom stereocenters. The molecule has 3 N–H and O–H groups in total. The van der Waals surface area contributed by atoms with Crippen molar-refractivity contribution in [2.45, 2.75) is 43.7 Å². The lowest BCUT2D eigenvalue weighted by molar-refractivity contribution is -0.0355. The van der Waals surface area contributed by atoms with Gasteiger partial charge in [-0.1, -0.05) is 36.6 Å². The van der Waals surface area contributed by atoms with Crippen molar-refractivity contribution in [2.24, 2.45) is 5.84 Å². The Bertz CT molecular complexity index is 374. The Balaban J connectivity index is 2.11. The number of nitrogens with one attached hydrogen (secondary N) is 1. The van der Waals surface area contributed by atoms with Crippen LogP contribution in [0.15, 0.2) is 24.3 Å². The van der Waals surface area contributed by atoms with Crippen molar-refractivity contribution in [3.05, 3.63) is 34.9 Å². The Morgan fingerprint density at radius 2 is 1.94 bits per heavy atom. The fourth-order valence-corrected chi connectivity index (χ4v) is 3.05. The first-order chi connectivity index (χ1) is 8.70. The molecule has 1 atom stereocenters. The molecule has 1 aliphatic carbocycles. The minimum atomic E-state index is -0.117. The monoisotopic (exact) mass is 268 g/mol. The van der Waals surface area contributed by atoms with Gasteiger partial charge in [0.25, 0.3) is 0 Å². The number of rotatable bonds is 5. The van der Waals surface area contributed by atoms with E-state index in [1.165, 1.54) is 18.4 Å². The van der Waals surface area contributed by atoms with Crippen molar-refractivity contribution in [3.8, 4) is 0 Å². The van der Waals surface area contributed by atoms with Crippen LogP contribution in [0.5, 0.6) is 0 Å². The Labute approximate surface area is 114 Å². The van der Waals surface area contributed by atoms with E-state index in [4.69, 9.17) is 22.2 Å². The van der Waals surface area contributed by atoms with Crippen LogP contribution in [0.4, 0.5) is 0 Å². The molecule has 0 heterocycles.